The van der Waals surface area contributed by atoms with Gasteiger partial charge in [0.25, 0.3) is 5.78 Å². The summed E-state index contributed by atoms with van der Waals surface area (Å²) in [4.78, 5) is 23.6. The summed E-state index contributed by atoms with van der Waals surface area (Å²) in [7, 11) is 2.99. The summed E-state index contributed by atoms with van der Waals surface area (Å²) in [5.41, 5.74) is 1.82. The van der Waals surface area contributed by atoms with Crippen LogP contribution in [-0.4, -0.2) is 42.3 Å². The Morgan fingerprint density at radius 1 is 1.10 bits per heavy atom. The van der Waals surface area contributed by atoms with E-state index in [0.717, 1.165) is 11.6 Å². The van der Waals surface area contributed by atoms with E-state index in [1.165, 1.54) is 26.4 Å². The zero-order chi connectivity index (χ0) is 22.5. The number of aliphatic hydroxyl groups is 1. The molecule has 31 heavy (non-hydrogen) atoms. The van der Waals surface area contributed by atoms with Gasteiger partial charge in [0, 0.05) is 35.8 Å². The summed E-state index contributed by atoms with van der Waals surface area (Å²) < 4.78 is 30.5. The predicted octanol–water partition coefficient (Wildman–Crippen LogP) is 3.88. The monoisotopic (exact) mass is 427 g/mol. The molecular weight excluding hydrogens is 405 g/mol. The summed E-state index contributed by atoms with van der Waals surface area (Å²) in [6, 6.07) is 9.44. The van der Waals surface area contributed by atoms with Gasteiger partial charge in [0.1, 0.15) is 11.6 Å². The number of hydrogen-bond donors (Lipinski definition) is 1. The number of benzene rings is 2. The Balaban J connectivity index is 2.12. The number of esters is 1. The molecule has 1 heterocycles. The molecule has 0 radical (unpaired) electrons. The second-order valence-electron chi connectivity index (χ2n) is 6.64. The van der Waals surface area contributed by atoms with E-state index in [1.807, 2.05) is 4.57 Å². The lowest BCUT2D eigenvalue weighted by Gasteiger charge is -2.10. The van der Waals surface area contributed by atoms with Crippen molar-refractivity contribution in [1.29, 1.82) is 0 Å². The number of ether oxygens (including phenoxy) is 3. The minimum atomic E-state index is -1.05. The molecular formula is C23H22FNO6. The Morgan fingerprint density at radius 2 is 1.74 bits per heavy atom. The number of aromatic nitrogens is 1. The molecule has 7 nitrogen and oxygen atoms in total. The number of aliphatic hydroxyl groups excluding tert-OH is 1. The Morgan fingerprint density at radius 3 is 2.35 bits per heavy atom. The van der Waals surface area contributed by atoms with Crippen LogP contribution in [0.3, 0.4) is 0 Å². The maximum atomic E-state index is 13.3. The van der Waals surface area contributed by atoms with E-state index in [1.54, 1.807) is 37.4 Å². The van der Waals surface area contributed by atoms with Gasteiger partial charge in [0.05, 0.1) is 26.3 Å². The average Bonchev–Trinajstić information content (AvgIpc) is 3.11. The molecule has 0 bridgehead atoms. The molecule has 162 valence electrons. The van der Waals surface area contributed by atoms with Gasteiger partial charge in [-0.3, -0.25) is 4.79 Å². The number of hydrogen-bond acceptors (Lipinski definition) is 6. The first-order valence-electron chi connectivity index (χ1n) is 9.49. The van der Waals surface area contributed by atoms with Crippen molar-refractivity contribution in [3.63, 3.8) is 0 Å². The van der Waals surface area contributed by atoms with Crippen molar-refractivity contribution < 1.29 is 33.3 Å². The van der Waals surface area contributed by atoms with Gasteiger partial charge in [0.15, 0.2) is 11.5 Å². The molecule has 2 aromatic carbocycles. The molecule has 0 saturated heterocycles. The molecule has 0 spiro atoms. The Hall–Kier alpha value is -3.81. The molecule has 0 aliphatic heterocycles. The molecule has 0 atom stereocenters. The Bertz CT molecular complexity index is 1150. The maximum absolute atomic E-state index is 13.3. The van der Waals surface area contributed by atoms with Gasteiger partial charge in [-0.25, -0.2) is 9.18 Å². The highest BCUT2D eigenvalue weighted by Gasteiger charge is 2.19. The number of fused-ring (bicyclic) bond motifs is 1. The normalized spacial score (nSPS) is 11.4. The first-order chi connectivity index (χ1) is 14.9. The molecule has 0 aliphatic rings. The van der Waals surface area contributed by atoms with Gasteiger partial charge in [-0.1, -0.05) is 12.1 Å². The first-order valence-corrected chi connectivity index (χ1v) is 9.49. The Labute approximate surface area is 178 Å². The van der Waals surface area contributed by atoms with E-state index in [4.69, 9.17) is 9.47 Å². The van der Waals surface area contributed by atoms with Crippen molar-refractivity contribution in [3.8, 4) is 11.5 Å². The average molecular weight is 427 g/mol. The van der Waals surface area contributed by atoms with Crippen LogP contribution in [-0.2, 0) is 20.9 Å². The zero-order valence-corrected chi connectivity index (χ0v) is 17.3. The van der Waals surface area contributed by atoms with Crippen LogP contribution < -0.4 is 9.47 Å². The third kappa shape index (κ3) is 4.69. The lowest BCUT2D eigenvalue weighted by atomic mass is 10.1. The number of halogens is 1. The summed E-state index contributed by atoms with van der Waals surface area (Å²) in [5, 5.41) is 11.2. The molecule has 0 amide bonds. The van der Waals surface area contributed by atoms with Crippen LogP contribution in [0.15, 0.2) is 48.7 Å². The number of methoxy groups -OCH3 is 2. The second-order valence-corrected chi connectivity index (χ2v) is 6.64. The van der Waals surface area contributed by atoms with E-state index >= 15 is 0 Å². The first kappa shape index (κ1) is 21.9. The third-order valence-corrected chi connectivity index (χ3v) is 4.67. The van der Waals surface area contributed by atoms with Gasteiger partial charge in [-0.05, 0) is 30.7 Å². The fourth-order valence-electron chi connectivity index (χ4n) is 3.20. The maximum Gasteiger partial charge on any atom is 0.379 e. The topological polar surface area (TPSA) is 87.0 Å². The lowest BCUT2D eigenvalue weighted by molar-refractivity contribution is -0.151. The van der Waals surface area contributed by atoms with Gasteiger partial charge in [0.2, 0.25) is 0 Å². The second kappa shape index (κ2) is 9.34. The smallest absolute Gasteiger partial charge is 0.379 e. The van der Waals surface area contributed by atoms with Crippen molar-refractivity contribution >= 4 is 28.4 Å². The highest BCUT2D eigenvalue weighted by molar-refractivity contribution is 6.39. The molecule has 3 rings (SSSR count). The van der Waals surface area contributed by atoms with E-state index < -0.39 is 17.5 Å². The molecule has 8 heteroatoms. The fraction of sp³-hybridized carbons (Fsp3) is 0.217. The van der Waals surface area contributed by atoms with Crippen molar-refractivity contribution in [2.24, 2.45) is 0 Å². The van der Waals surface area contributed by atoms with Crippen molar-refractivity contribution in [2.75, 3.05) is 20.8 Å². The number of nitrogens with zero attached hydrogens (tertiary/aromatic N) is 1. The van der Waals surface area contributed by atoms with E-state index in [9.17, 15) is 19.1 Å². The zero-order valence-electron chi connectivity index (χ0n) is 17.3. The van der Waals surface area contributed by atoms with Crippen molar-refractivity contribution in [1.82, 2.24) is 4.57 Å². The minimum Gasteiger partial charge on any atom is -0.507 e. The summed E-state index contributed by atoms with van der Waals surface area (Å²) in [6.07, 6.45) is 2.46. The van der Waals surface area contributed by atoms with Crippen LogP contribution in [0.4, 0.5) is 4.39 Å². The lowest BCUT2D eigenvalue weighted by Crippen LogP contribution is -2.15. The number of carbonyl (C=O) groups excluding carboxylic acids is 2. The minimum absolute atomic E-state index is 0.0488. The van der Waals surface area contributed by atoms with Crippen LogP contribution in [0.5, 0.6) is 11.5 Å². The number of ketones is 1. The molecule has 1 aromatic heterocycles. The summed E-state index contributed by atoms with van der Waals surface area (Å²) >= 11 is 0. The molecule has 0 unspecified atom stereocenters. The highest BCUT2D eigenvalue weighted by Crippen LogP contribution is 2.36. The van der Waals surface area contributed by atoms with Crippen LogP contribution in [0, 0.1) is 5.82 Å². The molecule has 0 aliphatic carbocycles. The number of carbonyl (C=O) groups is 2. The van der Waals surface area contributed by atoms with Crippen LogP contribution in [0.1, 0.15) is 18.1 Å². The van der Waals surface area contributed by atoms with Crippen molar-refractivity contribution in [3.05, 3.63) is 65.6 Å². The largest absolute Gasteiger partial charge is 0.507 e. The van der Waals surface area contributed by atoms with E-state index in [2.05, 4.69) is 4.74 Å². The molecule has 0 saturated carbocycles. The highest BCUT2D eigenvalue weighted by atomic mass is 19.1. The van der Waals surface area contributed by atoms with Gasteiger partial charge in [-0.15, -0.1) is 0 Å². The number of rotatable bonds is 8. The quantitative estimate of drug-likeness (QED) is 0.254. The molecule has 0 fully saturated rings. The van der Waals surface area contributed by atoms with Gasteiger partial charge in [-0.2, -0.15) is 0 Å². The molecule has 3 aromatic rings. The van der Waals surface area contributed by atoms with Gasteiger partial charge >= 0.3 is 5.97 Å². The van der Waals surface area contributed by atoms with E-state index in [0.29, 0.717) is 34.5 Å². The van der Waals surface area contributed by atoms with Crippen LogP contribution >= 0.6 is 0 Å². The van der Waals surface area contributed by atoms with Crippen molar-refractivity contribution in [2.45, 2.75) is 13.5 Å². The summed E-state index contributed by atoms with van der Waals surface area (Å²) in [6.45, 7) is 2.00. The summed E-state index contributed by atoms with van der Waals surface area (Å²) in [5.74, 6) is -1.85. The van der Waals surface area contributed by atoms with Crippen LogP contribution in [0.2, 0.25) is 0 Å². The SMILES string of the molecule is CCOC(=O)C(=O)/C=C(\O)c1cn(Cc2ccc(F)cc2)c2cc(OC)c(OC)cc12. The van der Waals surface area contributed by atoms with Gasteiger partial charge < -0.3 is 23.9 Å². The van der Waals surface area contributed by atoms with E-state index in [-0.39, 0.29) is 12.4 Å². The standard InChI is InChI=1S/C23H22FNO6/c1-4-31-23(28)20(27)11-19(26)17-13-25(12-14-5-7-15(24)8-6-14)18-10-22(30-3)21(29-2)9-16(17)18/h5-11,13,26H,4,12H2,1-3H3/b19-11-. The predicted molar refractivity (Wildman–Crippen MR) is 113 cm³/mol. The fourth-order valence-corrected chi connectivity index (χ4v) is 3.20. The van der Waals surface area contributed by atoms with Crippen LogP contribution in [0.25, 0.3) is 16.7 Å². The molecule has 1 N–H and O–H groups in total. The third-order valence-electron chi connectivity index (χ3n) is 4.67. The Kier molecular flexibility index (Phi) is 6.59.